The lowest BCUT2D eigenvalue weighted by Crippen LogP contribution is -2.38. The van der Waals surface area contributed by atoms with E-state index in [0.29, 0.717) is 18.9 Å². The Balaban J connectivity index is 1.47. The van der Waals surface area contributed by atoms with Crippen LogP contribution in [-0.4, -0.2) is 51.9 Å². The molecule has 0 amide bonds. The average molecular weight is 448 g/mol. The number of ether oxygens (including phenoxy) is 1. The molecule has 0 radical (unpaired) electrons. The summed E-state index contributed by atoms with van der Waals surface area (Å²) in [6.07, 6.45) is 6.47. The Hall–Kier alpha value is -3.49. The summed E-state index contributed by atoms with van der Waals surface area (Å²) in [5, 5.41) is 11.7. The van der Waals surface area contributed by atoms with E-state index in [2.05, 4.69) is 11.1 Å². The number of aliphatic imine (C=N–C) groups is 1. The van der Waals surface area contributed by atoms with Gasteiger partial charge in [0.05, 0.1) is 38.0 Å². The zero-order valence-corrected chi connectivity index (χ0v) is 18.5. The van der Waals surface area contributed by atoms with Crippen molar-refractivity contribution >= 4 is 11.9 Å². The first-order chi connectivity index (χ1) is 16.1. The lowest BCUT2D eigenvalue weighted by Gasteiger charge is -2.33. The van der Waals surface area contributed by atoms with Gasteiger partial charge in [-0.3, -0.25) is 9.83 Å². The number of nitrogens with zero attached hydrogens (tertiary/aromatic N) is 4. The number of methoxy groups -OCH3 is 1. The number of amidine groups is 1. The maximum absolute atomic E-state index is 13.4. The molecule has 0 saturated carbocycles. The molecule has 2 atom stereocenters. The van der Waals surface area contributed by atoms with E-state index in [-0.39, 0.29) is 18.5 Å². The second-order valence-corrected chi connectivity index (χ2v) is 8.13. The molecule has 2 unspecified atom stereocenters. The van der Waals surface area contributed by atoms with Crippen LogP contribution in [0.3, 0.4) is 0 Å². The van der Waals surface area contributed by atoms with Crippen LogP contribution in [0, 0.1) is 12.7 Å². The molecule has 5 rings (SSSR count). The van der Waals surface area contributed by atoms with Gasteiger partial charge in [-0.05, 0) is 54.0 Å². The molecule has 3 aromatic rings. The fourth-order valence-corrected chi connectivity index (χ4v) is 4.35. The molecule has 2 aliphatic rings. The number of imidazole rings is 1. The molecule has 2 aliphatic heterocycles. The highest BCUT2D eigenvalue weighted by molar-refractivity contribution is 6.03. The van der Waals surface area contributed by atoms with Crippen LogP contribution >= 0.6 is 0 Å². The van der Waals surface area contributed by atoms with Crippen LogP contribution in [0.2, 0.25) is 0 Å². The number of hydroxylamine groups is 2. The molecule has 0 bridgehead atoms. The molecule has 33 heavy (non-hydrogen) atoms. The van der Waals surface area contributed by atoms with Gasteiger partial charge in [-0.25, -0.2) is 14.4 Å². The van der Waals surface area contributed by atoms with Crippen LogP contribution in [0.1, 0.15) is 29.3 Å². The van der Waals surface area contributed by atoms with E-state index in [1.807, 2.05) is 35.9 Å². The van der Waals surface area contributed by atoms with E-state index in [9.17, 15) is 9.50 Å². The molecule has 1 fully saturated rings. The molecule has 1 aromatic heterocycles. The smallest absolute Gasteiger partial charge is 0.152 e. The summed E-state index contributed by atoms with van der Waals surface area (Å²) in [6.45, 7) is 2.30. The maximum Gasteiger partial charge on any atom is 0.152 e. The highest BCUT2D eigenvalue weighted by Crippen LogP contribution is 2.38. The summed E-state index contributed by atoms with van der Waals surface area (Å²) in [5.74, 6) is 1.13. The van der Waals surface area contributed by atoms with Crippen molar-refractivity contribution in [2.45, 2.75) is 25.4 Å². The lowest BCUT2D eigenvalue weighted by molar-refractivity contribution is -0.133. The number of rotatable bonds is 5. The Kier molecular flexibility index (Phi) is 5.70. The van der Waals surface area contributed by atoms with Crippen LogP contribution < -0.4 is 4.74 Å². The van der Waals surface area contributed by atoms with Gasteiger partial charge in [0.1, 0.15) is 23.7 Å². The molecule has 1 saturated heterocycles. The number of halogens is 1. The summed E-state index contributed by atoms with van der Waals surface area (Å²) in [5.41, 5.74) is 4.66. The van der Waals surface area contributed by atoms with E-state index in [4.69, 9.17) is 14.6 Å². The lowest BCUT2D eigenvalue weighted by atomic mass is 10.00. The van der Waals surface area contributed by atoms with Crippen molar-refractivity contribution in [2.75, 3.05) is 20.3 Å². The van der Waals surface area contributed by atoms with Crippen molar-refractivity contribution in [3.05, 3.63) is 83.2 Å². The summed E-state index contributed by atoms with van der Waals surface area (Å²) in [4.78, 5) is 15.0. The number of benzene rings is 2. The van der Waals surface area contributed by atoms with Gasteiger partial charge in [-0.1, -0.05) is 18.2 Å². The van der Waals surface area contributed by atoms with Crippen LogP contribution in [0.4, 0.5) is 4.39 Å². The van der Waals surface area contributed by atoms with Gasteiger partial charge < -0.3 is 14.4 Å². The quantitative estimate of drug-likeness (QED) is 0.642. The van der Waals surface area contributed by atoms with E-state index >= 15 is 0 Å². The van der Waals surface area contributed by atoms with Gasteiger partial charge in [-0.15, -0.1) is 0 Å². The molecular weight excluding hydrogens is 423 g/mol. The Labute approximate surface area is 191 Å². The number of aromatic nitrogens is 2. The van der Waals surface area contributed by atoms with Crippen molar-refractivity contribution in [2.24, 2.45) is 4.99 Å². The SMILES string of the molecule is COc1cc(/C=C2\CCON3C2=NC(CO)C3c2ccc(F)cc2)ccc1-n1cnc(C)c1. The van der Waals surface area contributed by atoms with E-state index in [1.165, 1.54) is 12.1 Å². The largest absolute Gasteiger partial charge is 0.495 e. The molecule has 3 heterocycles. The van der Waals surface area contributed by atoms with Crippen LogP contribution in [0.5, 0.6) is 5.75 Å². The molecule has 2 aromatic carbocycles. The van der Waals surface area contributed by atoms with E-state index < -0.39 is 6.04 Å². The summed E-state index contributed by atoms with van der Waals surface area (Å²) in [6, 6.07) is 11.6. The van der Waals surface area contributed by atoms with Gasteiger partial charge in [0, 0.05) is 12.6 Å². The molecule has 170 valence electrons. The Morgan fingerprint density at radius 3 is 2.76 bits per heavy atom. The van der Waals surface area contributed by atoms with Gasteiger partial charge in [-0.2, -0.15) is 0 Å². The summed E-state index contributed by atoms with van der Waals surface area (Å²) in [7, 11) is 1.65. The molecule has 0 spiro atoms. The maximum atomic E-state index is 13.4. The van der Waals surface area contributed by atoms with Crippen LogP contribution in [-0.2, 0) is 4.84 Å². The van der Waals surface area contributed by atoms with Crippen molar-refractivity contribution in [1.82, 2.24) is 14.6 Å². The Morgan fingerprint density at radius 2 is 2.06 bits per heavy atom. The fraction of sp³-hybridized carbons (Fsp3) is 0.280. The number of aliphatic hydroxyl groups is 1. The third-order valence-electron chi connectivity index (χ3n) is 5.94. The Bertz CT molecular complexity index is 1220. The van der Waals surface area contributed by atoms with E-state index in [0.717, 1.165) is 33.8 Å². The van der Waals surface area contributed by atoms with Gasteiger partial charge in [0.2, 0.25) is 0 Å². The second kappa shape index (κ2) is 8.80. The zero-order chi connectivity index (χ0) is 22.9. The minimum absolute atomic E-state index is 0.133. The molecule has 7 nitrogen and oxygen atoms in total. The first-order valence-corrected chi connectivity index (χ1v) is 10.8. The van der Waals surface area contributed by atoms with Crippen LogP contribution in [0.15, 0.2) is 65.6 Å². The number of hydrogen-bond acceptors (Lipinski definition) is 6. The zero-order valence-electron chi connectivity index (χ0n) is 18.5. The minimum atomic E-state index is -0.395. The number of hydrogen-bond donors (Lipinski definition) is 1. The third-order valence-corrected chi connectivity index (χ3v) is 5.94. The van der Waals surface area contributed by atoms with Crippen molar-refractivity contribution in [3.63, 3.8) is 0 Å². The molecule has 8 heteroatoms. The van der Waals surface area contributed by atoms with Gasteiger partial charge in [0.15, 0.2) is 5.84 Å². The highest BCUT2D eigenvalue weighted by Gasteiger charge is 2.41. The first kappa shape index (κ1) is 21.4. The average Bonchev–Trinajstić information content (AvgIpc) is 3.43. The predicted octanol–water partition coefficient (Wildman–Crippen LogP) is 3.86. The summed E-state index contributed by atoms with van der Waals surface area (Å²) < 4.78 is 21.0. The number of aliphatic hydroxyl groups excluding tert-OH is 1. The number of aryl methyl sites for hydroxylation is 1. The fourth-order valence-electron chi connectivity index (χ4n) is 4.35. The minimum Gasteiger partial charge on any atom is -0.495 e. The monoisotopic (exact) mass is 448 g/mol. The highest BCUT2D eigenvalue weighted by atomic mass is 19.1. The predicted molar refractivity (Wildman–Crippen MR) is 123 cm³/mol. The summed E-state index contributed by atoms with van der Waals surface area (Å²) >= 11 is 0. The molecule has 0 aliphatic carbocycles. The van der Waals surface area contributed by atoms with Gasteiger partial charge >= 0.3 is 0 Å². The first-order valence-electron chi connectivity index (χ1n) is 10.8. The van der Waals surface area contributed by atoms with Crippen molar-refractivity contribution in [1.29, 1.82) is 0 Å². The second-order valence-electron chi connectivity index (χ2n) is 8.13. The van der Waals surface area contributed by atoms with E-state index in [1.54, 1.807) is 30.6 Å². The normalized spacial score (nSPS) is 21.3. The topological polar surface area (TPSA) is 72.1 Å². The number of fused-ring (bicyclic) bond motifs is 1. The molecule has 1 N–H and O–H groups in total. The standard InChI is InChI=1S/C25H25FN4O3/c1-16-13-29(15-27-16)22-8-3-17(12-23(22)32-2)11-19-9-10-33-30-24(21(14-31)28-25(19)30)18-4-6-20(26)7-5-18/h3-8,11-13,15,21,24,31H,9-10,14H2,1-2H3/b19-11+. The van der Waals surface area contributed by atoms with Crippen molar-refractivity contribution < 1.29 is 19.1 Å². The van der Waals surface area contributed by atoms with Crippen LogP contribution in [0.25, 0.3) is 11.8 Å². The molecular formula is C25H25FN4O3. The van der Waals surface area contributed by atoms with Crippen molar-refractivity contribution in [3.8, 4) is 11.4 Å². The Morgan fingerprint density at radius 1 is 1.24 bits per heavy atom. The van der Waals surface area contributed by atoms with Gasteiger partial charge in [0.25, 0.3) is 0 Å². The third kappa shape index (κ3) is 4.03.